The molecule has 1 saturated heterocycles. The first kappa shape index (κ1) is 19.9. The number of nitrogens with one attached hydrogen (secondary N) is 1. The van der Waals surface area contributed by atoms with Crippen LogP contribution >= 0.6 is 12.4 Å². The summed E-state index contributed by atoms with van der Waals surface area (Å²) in [5.41, 5.74) is -0.104. The molecule has 1 aromatic rings. The molecule has 0 aromatic carbocycles. The predicted octanol–water partition coefficient (Wildman–Crippen LogP) is 2.32. The Morgan fingerprint density at radius 3 is 2.78 bits per heavy atom. The van der Waals surface area contributed by atoms with Crippen LogP contribution in [0.2, 0.25) is 0 Å². The van der Waals surface area contributed by atoms with Crippen molar-refractivity contribution < 1.29 is 9.32 Å². The minimum absolute atomic E-state index is 0. The molecule has 0 spiro atoms. The van der Waals surface area contributed by atoms with Gasteiger partial charge in [0.05, 0.1) is 0 Å². The summed E-state index contributed by atoms with van der Waals surface area (Å²) < 4.78 is 5.26. The minimum Gasteiger partial charge on any atom is -0.341 e. The van der Waals surface area contributed by atoms with Crippen LogP contribution in [0.15, 0.2) is 4.52 Å². The summed E-state index contributed by atoms with van der Waals surface area (Å²) in [6.07, 6.45) is 4.20. The highest BCUT2D eigenvalue weighted by atomic mass is 35.5. The minimum atomic E-state index is -0.104. The van der Waals surface area contributed by atoms with E-state index in [1.165, 1.54) is 0 Å². The fourth-order valence-electron chi connectivity index (χ4n) is 2.65. The largest absolute Gasteiger partial charge is 0.341 e. The predicted molar refractivity (Wildman–Crippen MR) is 91.8 cm³/mol. The molecule has 7 heteroatoms. The van der Waals surface area contributed by atoms with E-state index in [-0.39, 0.29) is 23.7 Å². The Bertz CT molecular complexity index is 499. The first-order valence-electron chi connectivity index (χ1n) is 8.18. The SMILES string of the molecule is CNC1CCCN(C(=O)CCCc2nc(C(C)(C)C)no2)C1.Cl. The third kappa shape index (κ3) is 5.77. The van der Waals surface area contributed by atoms with Gasteiger partial charge >= 0.3 is 0 Å². The van der Waals surface area contributed by atoms with E-state index in [1.54, 1.807) is 0 Å². The van der Waals surface area contributed by atoms with E-state index in [0.717, 1.165) is 38.2 Å². The molecule has 1 aliphatic heterocycles. The van der Waals surface area contributed by atoms with Crippen LogP contribution < -0.4 is 5.32 Å². The molecule has 0 saturated carbocycles. The highest BCUT2D eigenvalue weighted by molar-refractivity contribution is 5.85. The summed E-state index contributed by atoms with van der Waals surface area (Å²) in [4.78, 5) is 18.6. The Kier molecular flexibility index (Phi) is 7.48. The highest BCUT2D eigenvalue weighted by Gasteiger charge is 2.23. The van der Waals surface area contributed by atoms with Gasteiger partial charge in [-0.2, -0.15) is 4.98 Å². The number of carbonyl (C=O) groups is 1. The van der Waals surface area contributed by atoms with Crippen LogP contribution in [0.4, 0.5) is 0 Å². The zero-order valence-electron chi connectivity index (χ0n) is 14.6. The molecule has 0 radical (unpaired) electrons. The van der Waals surface area contributed by atoms with Gasteiger partial charge in [0, 0.05) is 37.4 Å². The summed E-state index contributed by atoms with van der Waals surface area (Å²) in [6.45, 7) is 7.87. The van der Waals surface area contributed by atoms with Crippen LogP contribution in [0.5, 0.6) is 0 Å². The number of likely N-dealkylation sites (tertiary alicyclic amines) is 1. The van der Waals surface area contributed by atoms with Gasteiger partial charge < -0.3 is 14.7 Å². The van der Waals surface area contributed by atoms with E-state index in [4.69, 9.17) is 4.52 Å². The summed E-state index contributed by atoms with van der Waals surface area (Å²) in [5.74, 6) is 1.58. The van der Waals surface area contributed by atoms with Crippen molar-refractivity contribution in [2.24, 2.45) is 0 Å². The fraction of sp³-hybridized carbons (Fsp3) is 0.812. The second-order valence-electron chi connectivity index (χ2n) is 7.08. The van der Waals surface area contributed by atoms with Crippen molar-refractivity contribution in [1.29, 1.82) is 0 Å². The summed E-state index contributed by atoms with van der Waals surface area (Å²) in [5, 5.41) is 7.27. The number of rotatable bonds is 5. The summed E-state index contributed by atoms with van der Waals surface area (Å²) in [7, 11) is 1.96. The normalized spacial score (nSPS) is 18.6. The lowest BCUT2D eigenvalue weighted by Gasteiger charge is -2.32. The van der Waals surface area contributed by atoms with Crippen LogP contribution in [0.3, 0.4) is 0 Å². The van der Waals surface area contributed by atoms with E-state index >= 15 is 0 Å². The molecule has 1 unspecified atom stereocenters. The lowest BCUT2D eigenvalue weighted by Crippen LogP contribution is -2.46. The molecule has 1 aliphatic rings. The maximum atomic E-state index is 12.2. The molecule has 6 nitrogen and oxygen atoms in total. The number of hydrogen-bond acceptors (Lipinski definition) is 5. The van der Waals surface area contributed by atoms with Crippen molar-refractivity contribution in [2.75, 3.05) is 20.1 Å². The van der Waals surface area contributed by atoms with Crippen molar-refractivity contribution >= 4 is 18.3 Å². The van der Waals surface area contributed by atoms with Crippen LogP contribution in [0.25, 0.3) is 0 Å². The smallest absolute Gasteiger partial charge is 0.226 e. The van der Waals surface area contributed by atoms with Gasteiger partial charge in [-0.25, -0.2) is 0 Å². The standard InChI is InChI=1S/C16H28N4O2.ClH/c1-16(2,3)15-18-13(22-19-15)8-5-9-14(21)20-10-6-7-12(11-20)17-4;/h12,17H,5-11H2,1-4H3;1H. The van der Waals surface area contributed by atoms with Gasteiger partial charge in [-0.1, -0.05) is 25.9 Å². The second kappa shape index (κ2) is 8.64. The lowest BCUT2D eigenvalue weighted by atomic mass is 9.96. The Balaban J connectivity index is 0.00000264. The molecule has 1 N–H and O–H groups in total. The third-order valence-corrected chi connectivity index (χ3v) is 4.10. The Hall–Kier alpha value is -1.14. The number of piperidine rings is 1. The Morgan fingerprint density at radius 1 is 1.43 bits per heavy atom. The molecule has 1 atom stereocenters. The van der Waals surface area contributed by atoms with Crippen molar-refractivity contribution in [3.8, 4) is 0 Å². The number of nitrogens with zero attached hydrogens (tertiary/aromatic N) is 3. The van der Waals surface area contributed by atoms with Crippen LogP contribution in [0.1, 0.15) is 58.2 Å². The maximum absolute atomic E-state index is 12.2. The average Bonchev–Trinajstić information content (AvgIpc) is 2.96. The molecule has 0 aliphatic carbocycles. The Morgan fingerprint density at radius 2 is 2.17 bits per heavy atom. The number of amides is 1. The van der Waals surface area contributed by atoms with Gasteiger partial charge in [-0.3, -0.25) is 4.79 Å². The first-order chi connectivity index (χ1) is 10.4. The topological polar surface area (TPSA) is 71.3 Å². The van der Waals surface area contributed by atoms with Crippen molar-refractivity contribution in [3.05, 3.63) is 11.7 Å². The van der Waals surface area contributed by atoms with Crippen molar-refractivity contribution in [1.82, 2.24) is 20.4 Å². The number of aryl methyl sites for hydroxylation is 1. The van der Waals surface area contributed by atoms with E-state index in [0.29, 0.717) is 24.8 Å². The summed E-state index contributed by atoms with van der Waals surface area (Å²) >= 11 is 0. The van der Waals surface area contributed by atoms with E-state index < -0.39 is 0 Å². The zero-order valence-corrected chi connectivity index (χ0v) is 15.4. The highest BCUT2D eigenvalue weighted by Crippen LogP contribution is 2.19. The van der Waals surface area contributed by atoms with Crippen LogP contribution in [-0.2, 0) is 16.6 Å². The number of carbonyl (C=O) groups excluding carboxylic acids is 1. The monoisotopic (exact) mass is 344 g/mol. The maximum Gasteiger partial charge on any atom is 0.226 e. The molecule has 23 heavy (non-hydrogen) atoms. The van der Waals surface area contributed by atoms with Crippen LogP contribution in [-0.4, -0.2) is 47.1 Å². The van der Waals surface area contributed by atoms with Crippen LogP contribution in [0, 0.1) is 0 Å². The zero-order chi connectivity index (χ0) is 16.2. The van der Waals surface area contributed by atoms with Gasteiger partial charge in [0.25, 0.3) is 0 Å². The average molecular weight is 345 g/mol. The van der Waals surface area contributed by atoms with Gasteiger partial charge in [0.2, 0.25) is 11.8 Å². The quantitative estimate of drug-likeness (QED) is 0.887. The second-order valence-corrected chi connectivity index (χ2v) is 7.08. The molecular formula is C16H29ClN4O2. The van der Waals surface area contributed by atoms with Gasteiger partial charge in [0.1, 0.15) is 0 Å². The molecule has 2 rings (SSSR count). The van der Waals surface area contributed by atoms with Crippen molar-refractivity contribution in [3.63, 3.8) is 0 Å². The molecule has 1 aromatic heterocycles. The molecule has 1 fully saturated rings. The number of halogens is 1. The van der Waals surface area contributed by atoms with Crippen molar-refractivity contribution in [2.45, 2.75) is 64.3 Å². The fourth-order valence-corrected chi connectivity index (χ4v) is 2.65. The van der Waals surface area contributed by atoms with E-state index in [9.17, 15) is 4.79 Å². The molecule has 2 heterocycles. The number of aromatic nitrogens is 2. The van der Waals surface area contributed by atoms with Gasteiger partial charge in [-0.15, -0.1) is 12.4 Å². The molecule has 1 amide bonds. The lowest BCUT2D eigenvalue weighted by molar-refractivity contribution is -0.132. The molecule has 0 bridgehead atoms. The van der Waals surface area contributed by atoms with E-state index in [2.05, 4.69) is 36.2 Å². The third-order valence-electron chi connectivity index (χ3n) is 4.10. The number of hydrogen-bond donors (Lipinski definition) is 1. The Labute approximate surface area is 144 Å². The molecular weight excluding hydrogens is 316 g/mol. The molecule has 132 valence electrons. The summed E-state index contributed by atoms with van der Waals surface area (Å²) in [6, 6.07) is 0.433. The van der Waals surface area contributed by atoms with Gasteiger partial charge in [-0.05, 0) is 26.3 Å². The first-order valence-corrected chi connectivity index (χ1v) is 8.18. The number of likely N-dealkylation sites (N-methyl/N-ethyl adjacent to an activating group) is 1. The van der Waals surface area contributed by atoms with Gasteiger partial charge in [0.15, 0.2) is 5.82 Å². The van der Waals surface area contributed by atoms with E-state index in [1.807, 2.05) is 11.9 Å².